The smallest absolute Gasteiger partial charge is 0.410 e. The Hall–Kier alpha value is -3.07. The Morgan fingerprint density at radius 2 is 1.79 bits per heavy atom. The monoisotopic (exact) mass is 470 g/mol. The first-order valence-electron chi connectivity index (χ1n) is 11.7. The highest BCUT2D eigenvalue weighted by Crippen LogP contribution is 2.34. The summed E-state index contributed by atoms with van der Waals surface area (Å²) >= 11 is 0. The van der Waals surface area contributed by atoms with E-state index >= 15 is 0 Å². The van der Waals surface area contributed by atoms with Gasteiger partial charge >= 0.3 is 6.09 Å². The van der Waals surface area contributed by atoms with E-state index < -0.39 is 5.60 Å². The minimum atomic E-state index is -0.516. The fraction of sp³-hybridized carbons (Fsp3) is 0.560. The standard InChI is InChI=1S/C25H34N4O5/c1-18-16-21(33-20-9-7-6-8-19(20)31-5)27-22(26-18)28-12-10-25(11-13-28)17-29(14-15-32-25)23(30)34-24(2,3)4/h6-9,16H,10-15,17H2,1-5H3. The van der Waals surface area contributed by atoms with Crippen LogP contribution in [0.25, 0.3) is 0 Å². The number of amides is 1. The molecule has 1 spiro atoms. The van der Waals surface area contributed by atoms with Gasteiger partial charge in [-0.05, 0) is 52.7 Å². The van der Waals surface area contributed by atoms with Crippen molar-refractivity contribution in [2.24, 2.45) is 0 Å². The predicted octanol–water partition coefficient (Wildman–Crippen LogP) is 4.19. The van der Waals surface area contributed by atoms with E-state index in [0.29, 0.717) is 43.0 Å². The van der Waals surface area contributed by atoms with Crippen LogP contribution in [0.5, 0.6) is 17.4 Å². The maximum atomic E-state index is 12.6. The third-order valence-electron chi connectivity index (χ3n) is 5.96. The van der Waals surface area contributed by atoms with E-state index in [9.17, 15) is 4.79 Å². The molecule has 4 rings (SSSR count). The van der Waals surface area contributed by atoms with Crippen LogP contribution in [0, 0.1) is 6.92 Å². The van der Waals surface area contributed by atoms with Crippen molar-refractivity contribution in [3.63, 3.8) is 0 Å². The maximum Gasteiger partial charge on any atom is 0.410 e. The van der Waals surface area contributed by atoms with E-state index in [1.807, 2.05) is 58.0 Å². The lowest BCUT2D eigenvalue weighted by atomic mass is 9.89. The Labute approximate surface area is 201 Å². The van der Waals surface area contributed by atoms with Gasteiger partial charge in [-0.25, -0.2) is 9.78 Å². The van der Waals surface area contributed by atoms with Crippen molar-refractivity contribution in [3.05, 3.63) is 36.0 Å². The molecule has 2 aromatic rings. The molecule has 0 atom stereocenters. The molecule has 2 aliphatic rings. The number of anilines is 1. The molecule has 1 amide bonds. The highest BCUT2D eigenvalue weighted by atomic mass is 16.6. The van der Waals surface area contributed by atoms with Crippen LogP contribution in [-0.2, 0) is 9.47 Å². The lowest BCUT2D eigenvalue weighted by molar-refractivity contribution is -0.119. The number of piperidine rings is 1. The summed E-state index contributed by atoms with van der Waals surface area (Å²) in [5.74, 6) is 2.34. The number of benzene rings is 1. The highest BCUT2D eigenvalue weighted by Gasteiger charge is 2.42. The number of aryl methyl sites for hydroxylation is 1. The maximum absolute atomic E-state index is 12.6. The lowest BCUT2D eigenvalue weighted by Gasteiger charge is -2.47. The summed E-state index contributed by atoms with van der Waals surface area (Å²) in [6, 6.07) is 9.28. The zero-order valence-electron chi connectivity index (χ0n) is 20.7. The van der Waals surface area contributed by atoms with Gasteiger partial charge in [0.05, 0.1) is 25.9 Å². The molecule has 0 aliphatic carbocycles. The molecule has 184 valence electrons. The topological polar surface area (TPSA) is 86.3 Å². The normalized spacial score (nSPS) is 18.0. The van der Waals surface area contributed by atoms with Crippen molar-refractivity contribution in [1.29, 1.82) is 0 Å². The van der Waals surface area contributed by atoms with Gasteiger partial charge in [-0.2, -0.15) is 4.98 Å². The summed E-state index contributed by atoms with van der Waals surface area (Å²) in [6.07, 6.45) is 1.26. The second-order valence-corrected chi connectivity index (χ2v) is 9.82. The molecular formula is C25H34N4O5. The van der Waals surface area contributed by atoms with Crippen molar-refractivity contribution in [1.82, 2.24) is 14.9 Å². The molecule has 34 heavy (non-hydrogen) atoms. The minimum absolute atomic E-state index is 0.280. The fourth-order valence-corrected chi connectivity index (χ4v) is 4.28. The van der Waals surface area contributed by atoms with Gasteiger partial charge in [0.2, 0.25) is 11.8 Å². The summed E-state index contributed by atoms with van der Waals surface area (Å²) in [7, 11) is 1.61. The van der Waals surface area contributed by atoms with Crippen LogP contribution < -0.4 is 14.4 Å². The minimum Gasteiger partial charge on any atom is -0.493 e. The largest absolute Gasteiger partial charge is 0.493 e. The molecule has 1 aromatic carbocycles. The molecule has 0 saturated carbocycles. The first kappa shape index (κ1) is 24.1. The molecule has 9 heteroatoms. The number of carbonyl (C=O) groups excluding carboxylic acids is 1. The summed E-state index contributed by atoms with van der Waals surface area (Å²) in [6.45, 7) is 10.6. The van der Waals surface area contributed by atoms with Crippen molar-refractivity contribution < 1.29 is 23.7 Å². The quantitative estimate of drug-likeness (QED) is 0.657. The molecule has 0 bridgehead atoms. The summed E-state index contributed by atoms with van der Waals surface area (Å²) < 4.78 is 23.2. The number of rotatable bonds is 4. The number of morpholine rings is 1. The number of nitrogens with zero attached hydrogens (tertiary/aromatic N) is 4. The Morgan fingerprint density at radius 1 is 1.09 bits per heavy atom. The Bertz CT molecular complexity index is 1010. The summed E-state index contributed by atoms with van der Waals surface area (Å²) in [4.78, 5) is 25.8. The molecular weight excluding hydrogens is 436 g/mol. The zero-order chi connectivity index (χ0) is 24.3. The summed E-state index contributed by atoms with van der Waals surface area (Å²) in [5, 5.41) is 0. The van der Waals surface area contributed by atoms with Crippen LogP contribution in [0.2, 0.25) is 0 Å². The number of para-hydroxylation sites is 2. The number of ether oxygens (including phenoxy) is 4. The average Bonchev–Trinajstić information content (AvgIpc) is 2.78. The Balaban J connectivity index is 1.42. The second-order valence-electron chi connectivity index (χ2n) is 9.82. The highest BCUT2D eigenvalue weighted by molar-refractivity contribution is 5.68. The molecule has 9 nitrogen and oxygen atoms in total. The van der Waals surface area contributed by atoms with Gasteiger partial charge in [-0.1, -0.05) is 12.1 Å². The van der Waals surface area contributed by atoms with Crippen LogP contribution >= 0.6 is 0 Å². The van der Waals surface area contributed by atoms with Crippen LogP contribution in [0.1, 0.15) is 39.3 Å². The van der Waals surface area contributed by atoms with Crippen molar-refractivity contribution in [3.8, 4) is 17.4 Å². The van der Waals surface area contributed by atoms with Crippen molar-refractivity contribution in [2.45, 2.75) is 51.7 Å². The SMILES string of the molecule is COc1ccccc1Oc1cc(C)nc(N2CCC3(CC2)CN(C(=O)OC(C)(C)C)CCO3)n1. The first-order chi connectivity index (χ1) is 16.2. The lowest BCUT2D eigenvalue weighted by Crippen LogP contribution is -2.58. The molecule has 0 radical (unpaired) electrons. The van der Waals surface area contributed by atoms with E-state index in [-0.39, 0.29) is 11.7 Å². The second kappa shape index (κ2) is 9.66. The van der Waals surface area contributed by atoms with E-state index in [0.717, 1.165) is 31.6 Å². The van der Waals surface area contributed by atoms with Gasteiger partial charge in [-0.3, -0.25) is 0 Å². The zero-order valence-corrected chi connectivity index (χ0v) is 20.7. The fourth-order valence-electron chi connectivity index (χ4n) is 4.28. The molecule has 2 fully saturated rings. The number of methoxy groups -OCH3 is 1. The number of aromatic nitrogens is 2. The third-order valence-corrected chi connectivity index (χ3v) is 5.96. The first-order valence-corrected chi connectivity index (χ1v) is 11.7. The number of hydrogen-bond acceptors (Lipinski definition) is 8. The van der Waals surface area contributed by atoms with E-state index in [2.05, 4.69) is 14.9 Å². The van der Waals surface area contributed by atoms with Gasteiger partial charge in [0.15, 0.2) is 11.5 Å². The molecule has 2 saturated heterocycles. The molecule has 0 unspecified atom stereocenters. The van der Waals surface area contributed by atoms with Gasteiger partial charge in [0, 0.05) is 31.4 Å². The molecule has 2 aliphatic heterocycles. The van der Waals surface area contributed by atoms with Crippen molar-refractivity contribution >= 4 is 12.0 Å². The van der Waals surface area contributed by atoms with Gasteiger partial charge in [0.1, 0.15) is 5.60 Å². The number of hydrogen-bond donors (Lipinski definition) is 0. The molecule has 1 aromatic heterocycles. The Morgan fingerprint density at radius 3 is 2.47 bits per heavy atom. The summed E-state index contributed by atoms with van der Waals surface area (Å²) in [5.41, 5.74) is -0.0651. The van der Waals surface area contributed by atoms with Crippen LogP contribution in [0.15, 0.2) is 30.3 Å². The van der Waals surface area contributed by atoms with Gasteiger partial charge in [-0.15, -0.1) is 0 Å². The molecule has 3 heterocycles. The van der Waals surface area contributed by atoms with Crippen molar-refractivity contribution in [2.75, 3.05) is 44.8 Å². The van der Waals surface area contributed by atoms with E-state index in [1.165, 1.54) is 0 Å². The predicted molar refractivity (Wildman–Crippen MR) is 128 cm³/mol. The van der Waals surface area contributed by atoms with Crippen LogP contribution in [-0.4, -0.2) is 72.1 Å². The third kappa shape index (κ3) is 5.70. The van der Waals surface area contributed by atoms with Gasteiger partial charge in [0.25, 0.3) is 0 Å². The van der Waals surface area contributed by atoms with Crippen LogP contribution in [0.3, 0.4) is 0 Å². The van der Waals surface area contributed by atoms with Crippen LogP contribution in [0.4, 0.5) is 10.7 Å². The number of carbonyl (C=O) groups is 1. The van der Waals surface area contributed by atoms with E-state index in [1.54, 1.807) is 12.0 Å². The van der Waals surface area contributed by atoms with E-state index in [4.69, 9.17) is 18.9 Å². The van der Waals surface area contributed by atoms with Gasteiger partial charge < -0.3 is 28.7 Å². The Kier molecular flexibility index (Phi) is 6.84. The average molecular weight is 471 g/mol. The molecule has 0 N–H and O–H groups in total.